The van der Waals surface area contributed by atoms with E-state index in [4.69, 9.17) is 0 Å². The summed E-state index contributed by atoms with van der Waals surface area (Å²) in [6.45, 7) is 2.75. The van der Waals surface area contributed by atoms with Gasteiger partial charge in [-0.05, 0) is 48.7 Å². The molecule has 0 aliphatic rings. The normalized spacial score (nSPS) is 12.0. The highest BCUT2D eigenvalue weighted by atomic mass is 32.2. The Morgan fingerprint density at radius 2 is 1.41 bits per heavy atom. The van der Waals surface area contributed by atoms with Crippen LogP contribution in [0.25, 0.3) is 32.4 Å². The Bertz CT molecular complexity index is 1670. The van der Waals surface area contributed by atoms with Crippen LogP contribution in [0, 0.1) is 6.92 Å². The molecule has 0 bridgehead atoms. The van der Waals surface area contributed by atoms with Crippen LogP contribution >= 0.6 is 0 Å². The smallest absolute Gasteiger partial charge is 0.258 e. The molecule has 5 nitrogen and oxygen atoms in total. The van der Waals surface area contributed by atoms with E-state index in [2.05, 4.69) is 29.0 Å². The van der Waals surface area contributed by atoms with Crippen LogP contribution in [0.2, 0.25) is 0 Å². The Balaban J connectivity index is 1.42. The summed E-state index contributed by atoms with van der Waals surface area (Å²) in [5, 5.41) is 4.84. The van der Waals surface area contributed by atoms with E-state index in [1.165, 1.54) is 0 Å². The van der Waals surface area contributed by atoms with Crippen molar-refractivity contribution in [2.24, 2.45) is 0 Å². The lowest BCUT2D eigenvalue weighted by Crippen LogP contribution is -2.26. The topological polar surface area (TPSA) is 68.2 Å². The summed E-state index contributed by atoms with van der Waals surface area (Å²) in [5.74, 6) is 0. The van der Waals surface area contributed by atoms with Crippen molar-refractivity contribution in [2.75, 3.05) is 6.54 Å². The van der Waals surface area contributed by atoms with Crippen molar-refractivity contribution in [2.45, 2.75) is 31.2 Å². The fourth-order valence-electron chi connectivity index (χ4n) is 4.53. The molecule has 0 unspecified atom stereocenters. The summed E-state index contributed by atoms with van der Waals surface area (Å²) in [6.07, 6.45) is 1.30. The van der Waals surface area contributed by atoms with E-state index < -0.39 is 10.0 Å². The van der Waals surface area contributed by atoms with Gasteiger partial charge in [-0.3, -0.25) is 4.79 Å². The number of nitrogens with zero attached hydrogens (tertiary/aromatic N) is 1. The van der Waals surface area contributed by atoms with Gasteiger partial charge in [-0.1, -0.05) is 72.3 Å². The van der Waals surface area contributed by atoms with Crippen molar-refractivity contribution in [1.82, 2.24) is 9.29 Å². The molecule has 1 aromatic heterocycles. The average Bonchev–Trinajstić information content (AvgIpc) is 2.85. The molecule has 0 saturated carbocycles. The molecule has 5 aromatic rings. The molecule has 1 N–H and O–H groups in total. The number of hydrogen-bond acceptors (Lipinski definition) is 3. The van der Waals surface area contributed by atoms with E-state index >= 15 is 0 Å². The Labute approximate surface area is 198 Å². The molecule has 6 heteroatoms. The number of rotatable bonds is 7. The maximum atomic E-state index is 13.5. The highest BCUT2D eigenvalue weighted by molar-refractivity contribution is 7.89. The van der Waals surface area contributed by atoms with Crippen LogP contribution in [0.5, 0.6) is 0 Å². The summed E-state index contributed by atoms with van der Waals surface area (Å²) in [6, 6.07) is 26.8. The summed E-state index contributed by atoms with van der Waals surface area (Å²) < 4.78 is 29.6. The fourth-order valence-corrected chi connectivity index (χ4v) is 5.60. The van der Waals surface area contributed by atoms with Crippen molar-refractivity contribution < 1.29 is 8.42 Å². The van der Waals surface area contributed by atoms with Gasteiger partial charge < -0.3 is 4.57 Å². The lowest BCUT2D eigenvalue weighted by atomic mass is 10.0. The van der Waals surface area contributed by atoms with Crippen molar-refractivity contribution in [3.8, 4) is 0 Å². The molecular weight excluding hydrogens is 444 g/mol. The van der Waals surface area contributed by atoms with Gasteiger partial charge in [-0.15, -0.1) is 0 Å². The minimum absolute atomic E-state index is 0.0142. The second-order valence-electron chi connectivity index (χ2n) is 8.60. The van der Waals surface area contributed by atoms with Crippen molar-refractivity contribution >= 4 is 42.5 Å². The molecule has 34 heavy (non-hydrogen) atoms. The molecule has 0 aliphatic carbocycles. The summed E-state index contributed by atoms with van der Waals surface area (Å²) in [7, 11) is -3.54. The van der Waals surface area contributed by atoms with Gasteiger partial charge in [0, 0.05) is 29.2 Å². The van der Waals surface area contributed by atoms with Crippen LogP contribution in [-0.2, 0) is 16.6 Å². The van der Waals surface area contributed by atoms with E-state index in [1.54, 1.807) is 24.3 Å². The Kier molecular flexibility index (Phi) is 5.94. The number of nitrogens with one attached hydrogen (secondary N) is 1. The fraction of sp³-hybridized carbons (Fsp3) is 0.179. The highest BCUT2D eigenvalue weighted by Crippen LogP contribution is 2.29. The van der Waals surface area contributed by atoms with Crippen LogP contribution in [0.1, 0.15) is 18.4 Å². The SMILES string of the molecule is Cc1ccc(S(=O)(=O)NCCCCn2c(=O)c3ccccc3c3ccc4ccccc4c32)cc1. The maximum Gasteiger partial charge on any atom is 0.258 e. The number of sulfonamides is 1. The van der Waals surface area contributed by atoms with Gasteiger partial charge in [0.1, 0.15) is 0 Å². The third-order valence-electron chi connectivity index (χ3n) is 6.30. The molecule has 0 fully saturated rings. The third kappa shape index (κ3) is 4.11. The van der Waals surface area contributed by atoms with Crippen LogP contribution in [0.15, 0.2) is 94.6 Å². The second-order valence-corrected chi connectivity index (χ2v) is 10.4. The first-order chi connectivity index (χ1) is 16.5. The van der Waals surface area contributed by atoms with Crippen molar-refractivity contribution in [3.05, 3.63) is 101 Å². The van der Waals surface area contributed by atoms with Gasteiger partial charge in [-0.25, -0.2) is 13.1 Å². The van der Waals surface area contributed by atoms with Gasteiger partial charge in [-0.2, -0.15) is 0 Å². The van der Waals surface area contributed by atoms with Gasteiger partial charge in [0.05, 0.1) is 10.4 Å². The molecule has 0 saturated heterocycles. The minimum Gasteiger partial charge on any atom is -0.307 e. The maximum absolute atomic E-state index is 13.5. The number of aromatic nitrogens is 1. The highest BCUT2D eigenvalue weighted by Gasteiger charge is 2.14. The number of fused-ring (bicyclic) bond motifs is 5. The molecule has 0 amide bonds. The largest absolute Gasteiger partial charge is 0.307 e. The lowest BCUT2D eigenvalue weighted by molar-refractivity contribution is 0.567. The number of pyridine rings is 1. The summed E-state index contributed by atoms with van der Waals surface area (Å²) in [5.41, 5.74) is 1.93. The molecule has 1 heterocycles. The van der Waals surface area contributed by atoms with E-state index in [9.17, 15) is 13.2 Å². The minimum atomic E-state index is -3.54. The Morgan fingerprint density at radius 1 is 0.735 bits per heavy atom. The molecule has 0 spiro atoms. The predicted octanol–water partition coefficient (Wildman–Crippen LogP) is 5.38. The zero-order valence-corrected chi connectivity index (χ0v) is 19.8. The summed E-state index contributed by atoms with van der Waals surface area (Å²) in [4.78, 5) is 13.7. The molecular formula is C28H26N2O3S. The number of benzene rings is 4. The molecule has 0 atom stereocenters. The molecule has 0 aliphatic heterocycles. The van der Waals surface area contributed by atoms with Gasteiger partial charge in [0.25, 0.3) is 5.56 Å². The van der Waals surface area contributed by atoms with Crippen molar-refractivity contribution in [1.29, 1.82) is 0 Å². The van der Waals surface area contributed by atoms with E-state index in [0.29, 0.717) is 31.3 Å². The van der Waals surface area contributed by atoms with E-state index in [-0.39, 0.29) is 10.5 Å². The summed E-state index contributed by atoms with van der Waals surface area (Å²) >= 11 is 0. The second kappa shape index (κ2) is 9.05. The predicted molar refractivity (Wildman–Crippen MR) is 139 cm³/mol. The molecule has 0 radical (unpaired) electrons. The molecule has 172 valence electrons. The van der Waals surface area contributed by atoms with Gasteiger partial charge in [0.15, 0.2) is 0 Å². The zero-order valence-electron chi connectivity index (χ0n) is 19.0. The Morgan fingerprint density at radius 3 is 2.18 bits per heavy atom. The Hall–Kier alpha value is -3.48. The van der Waals surface area contributed by atoms with Crippen LogP contribution < -0.4 is 10.3 Å². The number of aryl methyl sites for hydroxylation is 2. The van der Waals surface area contributed by atoms with Gasteiger partial charge in [0.2, 0.25) is 10.0 Å². The van der Waals surface area contributed by atoms with E-state index in [0.717, 1.165) is 32.6 Å². The van der Waals surface area contributed by atoms with Gasteiger partial charge >= 0.3 is 0 Å². The number of hydrogen-bond donors (Lipinski definition) is 1. The zero-order chi connectivity index (χ0) is 23.7. The molecule has 5 rings (SSSR count). The van der Waals surface area contributed by atoms with Crippen molar-refractivity contribution in [3.63, 3.8) is 0 Å². The quantitative estimate of drug-likeness (QED) is 0.257. The lowest BCUT2D eigenvalue weighted by Gasteiger charge is -2.15. The van der Waals surface area contributed by atoms with Crippen LogP contribution in [0.4, 0.5) is 0 Å². The molecule has 4 aromatic carbocycles. The monoisotopic (exact) mass is 470 g/mol. The number of unbranched alkanes of at least 4 members (excludes halogenated alkanes) is 1. The average molecular weight is 471 g/mol. The standard InChI is InChI=1S/C28H26N2O3S/c1-20-12-15-22(16-13-20)34(32,33)29-18-6-7-19-30-27-23-9-3-2-8-21(23)14-17-25(27)24-10-4-5-11-26(24)28(30)31/h2-5,8-17,29H,6-7,18-19H2,1H3. The van der Waals surface area contributed by atoms with Crippen LogP contribution in [0.3, 0.4) is 0 Å². The first kappa shape index (κ1) is 22.3. The first-order valence-corrected chi connectivity index (χ1v) is 12.9. The third-order valence-corrected chi connectivity index (χ3v) is 7.77. The van der Waals surface area contributed by atoms with E-state index in [1.807, 2.05) is 47.9 Å². The van der Waals surface area contributed by atoms with Crippen LogP contribution in [-0.4, -0.2) is 19.5 Å². The first-order valence-electron chi connectivity index (χ1n) is 11.4.